The number of hydrogen-bond acceptors (Lipinski definition) is 2. The molecule has 3 rings (SSSR count). The Labute approximate surface area is 134 Å². The van der Waals surface area contributed by atoms with E-state index in [1.54, 1.807) is 0 Å². The van der Waals surface area contributed by atoms with Crippen molar-refractivity contribution in [3.8, 4) is 0 Å². The summed E-state index contributed by atoms with van der Waals surface area (Å²) in [7, 11) is 0. The van der Waals surface area contributed by atoms with Gasteiger partial charge in [-0.05, 0) is 36.3 Å². The van der Waals surface area contributed by atoms with Gasteiger partial charge in [0.2, 0.25) is 5.91 Å². The van der Waals surface area contributed by atoms with Crippen LogP contribution in [-0.2, 0) is 11.2 Å². The zero-order chi connectivity index (χ0) is 13.4. The van der Waals surface area contributed by atoms with Crippen molar-refractivity contribution in [3.63, 3.8) is 0 Å². The molecule has 3 unspecified atom stereocenters. The molecule has 5 heteroatoms. The summed E-state index contributed by atoms with van der Waals surface area (Å²) in [6, 6.07) is 8.23. The van der Waals surface area contributed by atoms with Crippen LogP contribution in [0.25, 0.3) is 0 Å². The van der Waals surface area contributed by atoms with Gasteiger partial charge in [-0.2, -0.15) is 0 Å². The molecule has 1 aromatic rings. The van der Waals surface area contributed by atoms with Gasteiger partial charge < -0.3 is 10.6 Å². The average molecular weight is 360 g/mol. The van der Waals surface area contributed by atoms with Crippen LogP contribution < -0.4 is 5.73 Å². The second-order valence-electron chi connectivity index (χ2n) is 5.73. The van der Waals surface area contributed by atoms with Crippen molar-refractivity contribution in [1.82, 2.24) is 4.90 Å². The van der Waals surface area contributed by atoms with Crippen LogP contribution in [0.15, 0.2) is 28.7 Å². The maximum atomic E-state index is 12.4. The molecular formula is C15H20BrClN2O. The predicted molar refractivity (Wildman–Crippen MR) is 85.9 cm³/mol. The summed E-state index contributed by atoms with van der Waals surface area (Å²) in [5.74, 6) is 1.40. The minimum atomic E-state index is 0. The summed E-state index contributed by atoms with van der Waals surface area (Å²) in [6.45, 7) is 1.76. The van der Waals surface area contributed by atoms with Crippen molar-refractivity contribution in [2.24, 2.45) is 17.6 Å². The number of rotatable bonds is 2. The lowest BCUT2D eigenvalue weighted by Gasteiger charge is -2.19. The zero-order valence-corrected chi connectivity index (χ0v) is 13.7. The van der Waals surface area contributed by atoms with E-state index in [0.29, 0.717) is 24.3 Å². The SMILES string of the molecule is Cl.NC1CCC2CN(C(=O)Cc3ccccc3Br)CC12. The number of carbonyl (C=O) groups excluding carboxylic acids is 1. The topological polar surface area (TPSA) is 46.3 Å². The molecular weight excluding hydrogens is 340 g/mol. The molecule has 1 saturated carbocycles. The van der Waals surface area contributed by atoms with E-state index in [9.17, 15) is 4.79 Å². The minimum Gasteiger partial charge on any atom is -0.342 e. The van der Waals surface area contributed by atoms with Crippen LogP contribution in [0.2, 0.25) is 0 Å². The van der Waals surface area contributed by atoms with Crippen LogP contribution in [0.5, 0.6) is 0 Å². The third-order valence-electron chi connectivity index (χ3n) is 4.56. The highest BCUT2D eigenvalue weighted by Gasteiger charge is 2.42. The number of halogens is 2. The number of nitrogens with two attached hydrogens (primary N) is 1. The van der Waals surface area contributed by atoms with Crippen LogP contribution in [0.1, 0.15) is 18.4 Å². The summed E-state index contributed by atoms with van der Waals surface area (Å²) in [4.78, 5) is 14.4. The molecule has 2 aliphatic rings. The minimum absolute atomic E-state index is 0. The monoisotopic (exact) mass is 358 g/mol. The molecule has 2 N–H and O–H groups in total. The van der Waals surface area contributed by atoms with Crippen molar-refractivity contribution in [2.45, 2.75) is 25.3 Å². The molecule has 0 spiro atoms. The van der Waals surface area contributed by atoms with Gasteiger partial charge in [-0.3, -0.25) is 4.79 Å². The predicted octanol–water partition coefficient (Wildman–Crippen LogP) is 2.61. The summed E-state index contributed by atoms with van der Waals surface area (Å²) < 4.78 is 1.01. The molecule has 1 aliphatic carbocycles. The fraction of sp³-hybridized carbons (Fsp3) is 0.533. The largest absolute Gasteiger partial charge is 0.342 e. The lowest BCUT2D eigenvalue weighted by Crippen LogP contribution is -2.34. The van der Waals surface area contributed by atoms with Gasteiger partial charge in [0, 0.05) is 23.6 Å². The Kier molecular flexibility index (Phi) is 5.10. The molecule has 110 valence electrons. The highest BCUT2D eigenvalue weighted by molar-refractivity contribution is 9.10. The van der Waals surface area contributed by atoms with Crippen LogP contribution >= 0.6 is 28.3 Å². The Morgan fingerprint density at radius 3 is 2.75 bits per heavy atom. The van der Waals surface area contributed by atoms with E-state index in [2.05, 4.69) is 15.9 Å². The van der Waals surface area contributed by atoms with Crippen molar-refractivity contribution in [3.05, 3.63) is 34.3 Å². The maximum Gasteiger partial charge on any atom is 0.227 e. The molecule has 0 aromatic heterocycles. The first-order valence-corrected chi connectivity index (χ1v) is 7.71. The number of carbonyl (C=O) groups is 1. The second kappa shape index (κ2) is 6.46. The third kappa shape index (κ3) is 3.02. The quantitative estimate of drug-likeness (QED) is 0.882. The lowest BCUT2D eigenvalue weighted by molar-refractivity contribution is -0.129. The van der Waals surface area contributed by atoms with Crippen LogP contribution in [0, 0.1) is 11.8 Å². The first-order valence-electron chi connectivity index (χ1n) is 6.92. The molecule has 1 aromatic carbocycles. The van der Waals surface area contributed by atoms with Gasteiger partial charge in [-0.25, -0.2) is 0 Å². The van der Waals surface area contributed by atoms with E-state index >= 15 is 0 Å². The van der Waals surface area contributed by atoms with Crippen LogP contribution in [-0.4, -0.2) is 29.9 Å². The van der Waals surface area contributed by atoms with Crippen LogP contribution in [0.3, 0.4) is 0 Å². The number of benzene rings is 1. The molecule has 0 bridgehead atoms. The molecule has 2 fully saturated rings. The first-order chi connectivity index (χ1) is 9.15. The summed E-state index contributed by atoms with van der Waals surface area (Å²) in [6.07, 6.45) is 2.79. The summed E-state index contributed by atoms with van der Waals surface area (Å²) in [5, 5.41) is 0. The first kappa shape index (κ1) is 15.8. The van der Waals surface area contributed by atoms with Gasteiger partial charge in [-0.1, -0.05) is 34.1 Å². The van der Waals surface area contributed by atoms with Gasteiger partial charge in [0.15, 0.2) is 0 Å². The van der Waals surface area contributed by atoms with E-state index in [4.69, 9.17) is 5.73 Å². The number of fused-ring (bicyclic) bond motifs is 1. The molecule has 3 nitrogen and oxygen atoms in total. The second-order valence-corrected chi connectivity index (χ2v) is 6.59. The highest BCUT2D eigenvalue weighted by atomic mass is 79.9. The number of hydrogen-bond donors (Lipinski definition) is 1. The third-order valence-corrected chi connectivity index (χ3v) is 5.34. The molecule has 1 aliphatic heterocycles. The Hall–Kier alpha value is -0.580. The molecule has 3 atom stereocenters. The Morgan fingerprint density at radius 2 is 2.05 bits per heavy atom. The van der Waals surface area contributed by atoms with Crippen molar-refractivity contribution in [2.75, 3.05) is 13.1 Å². The fourth-order valence-electron chi connectivity index (χ4n) is 3.43. The Bertz CT molecular complexity index is 497. The molecule has 20 heavy (non-hydrogen) atoms. The average Bonchev–Trinajstić information content (AvgIpc) is 2.95. The zero-order valence-electron chi connectivity index (χ0n) is 11.3. The number of likely N-dealkylation sites (tertiary alicyclic amines) is 1. The maximum absolute atomic E-state index is 12.4. The van der Waals surface area contributed by atoms with Gasteiger partial charge >= 0.3 is 0 Å². The highest BCUT2D eigenvalue weighted by Crippen LogP contribution is 2.37. The standard InChI is InChI=1S/C15H19BrN2O.ClH/c16-13-4-2-1-3-10(13)7-15(19)18-8-11-5-6-14(17)12(11)9-18;/h1-4,11-12,14H,5-9,17H2;1H. The van der Waals surface area contributed by atoms with Crippen molar-refractivity contribution < 1.29 is 4.79 Å². The Morgan fingerprint density at radius 1 is 1.30 bits per heavy atom. The van der Waals surface area contributed by atoms with Gasteiger partial charge in [0.25, 0.3) is 0 Å². The van der Waals surface area contributed by atoms with Gasteiger partial charge in [0.05, 0.1) is 6.42 Å². The van der Waals surface area contributed by atoms with Gasteiger partial charge in [0.1, 0.15) is 0 Å². The molecule has 0 radical (unpaired) electrons. The molecule has 1 saturated heterocycles. The van der Waals surface area contributed by atoms with Crippen molar-refractivity contribution >= 4 is 34.2 Å². The van der Waals surface area contributed by atoms with E-state index in [-0.39, 0.29) is 18.3 Å². The number of amides is 1. The van der Waals surface area contributed by atoms with E-state index < -0.39 is 0 Å². The van der Waals surface area contributed by atoms with Crippen molar-refractivity contribution in [1.29, 1.82) is 0 Å². The summed E-state index contributed by atoms with van der Waals surface area (Å²) >= 11 is 3.50. The molecule has 1 heterocycles. The van der Waals surface area contributed by atoms with Gasteiger partial charge in [-0.15, -0.1) is 12.4 Å². The number of nitrogens with zero attached hydrogens (tertiary/aromatic N) is 1. The van der Waals surface area contributed by atoms with E-state index in [0.717, 1.165) is 29.5 Å². The Balaban J connectivity index is 0.00000147. The van der Waals surface area contributed by atoms with E-state index in [1.807, 2.05) is 29.2 Å². The molecule has 1 amide bonds. The van der Waals surface area contributed by atoms with Crippen LogP contribution in [0.4, 0.5) is 0 Å². The normalized spacial score (nSPS) is 28.1. The summed E-state index contributed by atoms with van der Waals surface area (Å²) in [5.41, 5.74) is 7.18. The smallest absolute Gasteiger partial charge is 0.227 e. The lowest BCUT2D eigenvalue weighted by atomic mass is 9.98. The fourth-order valence-corrected chi connectivity index (χ4v) is 3.85. The van der Waals surface area contributed by atoms with E-state index in [1.165, 1.54) is 6.42 Å².